The molecule has 1 unspecified atom stereocenters. The fraction of sp³-hybridized carbons (Fsp3) is 0.647. The van der Waals surface area contributed by atoms with Crippen LogP contribution in [-0.4, -0.2) is 19.2 Å². The van der Waals surface area contributed by atoms with Gasteiger partial charge in [-0.05, 0) is 43.4 Å². The number of benzene rings is 1. The van der Waals surface area contributed by atoms with E-state index >= 15 is 0 Å². The van der Waals surface area contributed by atoms with Crippen LogP contribution < -0.4 is 10.1 Å². The van der Waals surface area contributed by atoms with Crippen molar-refractivity contribution in [2.24, 2.45) is 11.3 Å². The third kappa shape index (κ3) is 2.03. The summed E-state index contributed by atoms with van der Waals surface area (Å²) in [4.78, 5) is 0. The first kappa shape index (κ1) is 12.6. The Hall–Kier alpha value is -1.09. The van der Waals surface area contributed by atoms with Crippen molar-refractivity contribution < 1.29 is 9.13 Å². The molecular formula is C17H22FNO. The van der Waals surface area contributed by atoms with Gasteiger partial charge in [-0.2, -0.15) is 0 Å². The Morgan fingerprint density at radius 3 is 2.75 bits per heavy atom. The Labute approximate surface area is 119 Å². The molecule has 1 saturated carbocycles. The van der Waals surface area contributed by atoms with Gasteiger partial charge >= 0.3 is 0 Å². The van der Waals surface area contributed by atoms with Crippen LogP contribution in [0.3, 0.4) is 0 Å². The molecule has 1 atom stereocenters. The first-order chi connectivity index (χ1) is 9.75. The van der Waals surface area contributed by atoms with Crippen LogP contribution in [0.1, 0.15) is 37.7 Å². The minimum absolute atomic E-state index is 0.149. The van der Waals surface area contributed by atoms with Crippen molar-refractivity contribution >= 4 is 0 Å². The molecular weight excluding hydrogens is 253 g/mol. The number of hydrogen-bond acceptors (Lipinski definition) is 2. The molecule has 0 bridgehead atoms. The minimum atomic E-state index is -0.149. The Morgan fingerprint density at radius 2 is 2.05 bits per heavy atom. The van der Waals surface area contributed by atoms with E-state index in [1.54, 1.807) is 12.1 Å². The van der Waals surface area contributed by atoms with Crippen molar-refractivity contribution in [1.29, 1.82) is 0 Å². The molecule has 4 rings (SSSR count). The summed E-state index contributed by atoms with van der Waals surface area (Å²) in [6.45, 7) is 2.28. The average molecular weight is 275 g/mol. The van der Waals surface area contributed by atoms with E-state index in [9.17, 15) is 4.39 Å². The van der Waals surface area contributed by atoms with Crippen molar-refractivity contribution in [1.82, 2.24) is 5.32 Å². The SMILES string of the molecule is Fc1ccc2c(c1)CC(CC1(C3CCCC3)CNC1)O2. The fourth-order valence-electron chi connectivity index (χ4n) is 4.44. The molecule has 2 heterocycles. The lowest BCUT2D eigenvalue weighted by Gasteiger charge is -2.48. The van der Waals surface area contributed by atoms with Crippen molar-refractivity contribution in [2.45, 2.75) is 44.6 Å². The first-order valence-electron chi connectivity index (χ1n) is 7.91. The number of rotatable bonds is 3. The van der Waals surface area contributed by atoms with Gasteiger partial charge in [-0.3, -0.25) is 0 Å². The summed E-state index contributed by atoms with van der Waals surface area (Å²) >= 11 is 0. The van der Waals surface area contributed by atoms with Gasteiger partial charge in [0.2, 0.25) is 0 Å². The second-order valence-electron chi connectivity index (χ2n) is 6.85. The van der Waals surface area contributed by atoms with Gasteiger partial charge in [0.05, 0.1) is 0 Å². The van der Waals surface area contributed by atoms with Crippen LogP contribution in [0.5, 0.6) is 5.75 Å². The topological polar surface area (TPSA) is 21.3 Å². The Bertz CT molecular complexity index is 506. The third-order valence-corrected chi connectivity index (χ3v) is 5.57. The van der Waals surface area contributed by atoms with Gasteiger partial charge < -0.3 is 10.1 Å². The molecule has 20 heavy (non-hydrogen) atoms. The zero-order valence-corrected chi connectivity index (χ0v) is 11.8. The van der Waals surface area contributed by atoms with Crippen LogP contribution >= 0.6 is 0 Å². The van der Waals surface area contributed by atoms with Crippen molar-refractivity contribution in [3.8, 4) is 5.75 Å². The van der Waals surface area contributed by atoms with Crippen LogP contribution in [0, 0.1) is 17.2 Å². The zero-order chi connectivity index (χ0) is 13.6. The molecule has 2 fully saturated rings. The number of ether oxygens (including phenoxy) is 1. The van der Waals surface area contributed by atoms with Crippen molar-refractivity contribution in [2.75, 3.05) is 13.1 Å². The third-order valence-electron chi connectivity index (χ3n) is 5.57. The smallest absolute Gasteiger partial charge is 0.123 e. The summed E-state index contributed by atoms with van der Waals surface area (Å²) in [7, 11) is 0. The van der Waals surface area contributed by atoms with E-state index in [0.717, 1.165) is 43.2 Å². The second-order valence-corrected chi connectivity index (χ2v) is 6.85. The summed E-state index contributed by atoms with van der Waals surface area (Å²) in [5, 5.41) is 3.47. The zero-order valence-electron chi connectivity index (χ0n) is 11.8. The number of halogens is 1. The van der Waals surface area contributed by atoms with Crippen molar-refractivity contribution in [3.63, 3.8) is 0 Å². The molecule has 0 amide bonds. The monoisotopic (exact) mass is 275 g/mol. The number of hydrogen-bond donors (Lipinski definition) is 1. The van der Waals surface area contributed by atoms with Crippen LogP contribution in [0.15, 0.2) is 18.2 Å². The fourth-order valence-corrected chi connectivity index (χ4v) is 4.44. The highest BCUT2D eigenvalue weighted by Gasteiger charge is 2.47. The van der Waals surface area contributed by atoms with Gasteiger partial charge in [-0.25, -0.2) is 4.39 Å². The average Bonchev–Trinajstić information content (AvgIpc) is 3.02. The summed E-state index contributed by atoms with van der Waals surface area (Å²) in [6.07, 6.45) is 7.80. The summed E-state index contributed by atoms with van der Waals surface area (Å²) in [5.74, 6) is 1.61. The van der Waals surface area contributed by atoms with E-state index in [2.05, 4.69) is 5.32 Å². The highest BCUT2D eigenvalue weighted by molar-refractivity contribution is 5.38. The Kier molecular flexibility index (Phi) is 2.99. The van der Waals surface area contributed by atoms with Gasteiger partial charge in [0, 0.05) is 30.5 Å². The van der Waals surface area contributed by atoms with E-state index in [1.165, 1.54) is 31.7 Å². The van der Waals surface area contributed by atoms with Gasteiger partial charge in [0.15, 0.2) is 0 Å². The molecule has 1 aromatic carbocycles. The Balaban J connectivity index is 1.47. The van der Waals surface area contributed by atoms with Crippen molar-refractivity contribution in [3.05, 3.63) is 29.6 Å². The van der Waals surface area contributed by atoms with E-state index in [0.29, 0.717) is 5.41 Å². The molecule has 2 aliphatic heterocycles. The first-order valence-corrected chi connectivity index (χ1v) is 7.91. The van der Waals surface area contributed by atoms with Crippen LogP contribution in [0.4, 0.5) is 4.39 Å². The summed E-state index contributed by atoms with van der Waals surface area (Å²) in [6, 6.07) is 4.92. The van der Waals surface area contributed by atoms with E-state index in [-0.39, 0.29) is 11.9 Å². The molecule has 3 aliphatic rings. The number of nitrogens with one attached hydrogen (secondary N) is 1. The Morgan fingerprint density at radius 1 is 1.25 bits per heavy atom. The summed E-state index contributed by atoms with van der Waals surface area (Å²) in [5.41, 5.74) is 1.49. The molecule has 1 aromatic rings. The molecule has 0 spiro atoms. The van der Waals surface area contributed by atoms with Gasteiger partial charge in [0.1, 0.15) is 17.7 Å². The normalized spacial score (nSPS) is 27.9. The van der Waals surface area contributed by atoms with E-state index in [4.69, 9.17) is 4.74 Å². The maximum atomic E-state index is 13.3. The van der Waals surface area contributed by atoms with Gasteiger partial charge in [0.25, 0.3) is 0 Å². The second kappa shape index (κ2) is 4.73. The lowest BCUT2D eigenvalue weighted by molar-refractivity contribution is 0.0281. The summed E-state index contributed by atoms with van der Waals surface area (Å²) < 4.78 is 19.3. The maximum Gasteiger partial charge on any atom is 0.123 e. The van der Waals surface area contributed by atoms with Crippen LogP contribution in [-0.2, 0) is 6.42 Å². The minimum Gasteiger partial charge on any atom is -0.490 e. The maximum absolute atomic E-state index is 13.3. The lowest BCUT2D eigenvalue weighted by Crippen LogP contribution is -2.58. The van der Waals surface area contributed by atoms with E-state index in [1.807, 2.05) is 0 Å². The van der Waals surface area contributed by atoms with Crippen LogP contribution in [0.25, 0.3) is 0 Å². The molecule has 1 saturated heterocycles. The van der Waals surface area contributed by atoms with E-state index < -0.39 is 0 Å². The highest BCUT2D eigenvalue weighted by atomic mass is 19.1. The molecule has 3 heteroatoms. The molecule has 1 N–H and O–H groups in total. The molecule has 2 nitrogen and oxygen atoms in total. The quantitative estimate of drug-likeness (QED) is 0.914. The molecule has 0 aromatic heterocycles. The molecule has 1 aliphatic carbocycles. The highest BCUT2D eigenvalue weighted by Crippen LogP contribution is 2.47. The largest absolute Gasteiger partial charge is 0.490 e. The molecule has 108 valence electrons. The molecule has 0 radical (unpaired) electrons. The number of fused-ring (bicyclic) bond motifs is 1. The van der Waals surface area contributed by atoms with Gasteiger partial charge in [-0.15, -0.1) is 0 Å². The predicted octanol–water partition coefficient (Wildman–Crippen LogP) is 3.30. The predicted molar refractivity (Wildman–Crippen MR) is 76.4 cm³/mol. The standard InChI is InChI=1S/C17H22FNO/c18-14-5-6-16-12(7-14)8-15(20-16)9-17(10-19-11-17)13-3-1-2-4-13/h5-7,13,15,19H,1-4,8-11H2. The lowest BCUT2D eigenvalue weighted by atomic mass is 9.66. The van der Waals surface area contributed by atoms with Gasteiger partial charge in [-0.1, -0.05) is 12.8 Å². The van der Waals surface area contributed by atoms with Crippen LogP contribution in [0.2, 0.25) is 0 Å².